The molecule has 2 N–H and O–H groups in total. The van der Waals surface area contributed by atoms with Gasteiger partial charge in [0.05, 0.1) is 12.1 Å². The first-order valence-corrected chi connectivity index (χ1v) is 7.81. The van der Waals surface area contributed by atoms with Crippen LogP contribution in [0.25, 0.3) is 0 Å². The van der Waals surface area contributed by atoms with Crippen molar-refractivity contribution in [1.82, 2.24) is 5.32 Å². The van der Waals surface area contributed by atoms with Crippen LogP contribution in [0.15, 0.2) is 24.3 Å². The van der Waals surface area contributed by atoms with E-state index in [1.165, 1.54) is 18.4 Å². The van der Waals surface area contributed by atoms with Crippen molar-refractivity contribution in [2.75, 3.05) is 19.8 Å². The molecule has 1 atom stereocenters. The Kier molecular flexibility index (Phi) is 5.44. The molecule has 1 aromatic rings. The molecule has 0 spiro atoms. The minimum Gasteiger partial charge on any atom is -0.492 e. The summed E-state index contributed by atoms with van der Waals surface area (Å²) in [7, 11) is 0. The van der Waals surface area contributed by atoms with Gasteiger partial charge in [-0.25, -0.2) is 0 Å². The average Bonchev–Trinajstić information content (AvgIpc) is 3.34. The third-order valence-corrected chi connectivity index (χ3v) is 4.20. The summed E-state index contributed by atoms with van der Waals surface area (Å²) in [6.07, 6.45) is 4.49. The smallest absolute Gasteiger partial charge is 0.119 e. The van der Waals surface area contributed by atoms with E-state index in [0.717, 1.165) is 25.1 Å². The molecule has 1 aliphatic carbocycles. The fraction of sp³-hybridized carbons (Fsp3) is 0.647. The molecule has 0 bridgehead atoms. The van der Waals surface area contributed by atoms with E-state index >= 15 is 0 Å². The Bertz CT molecular complexity index is 400. The van der Waals surface area contributed by atoms with Crippen molar-refractivity contribution in [3.63, 3.8) is 0 Å². The number of hydrogen-bond donors (Lipinski definition) is 2. The van der Waals surface area contributed by atoms with Gasteiger partial charge in [-0.05, 0) is 55.8 Å². The molecular formula is C17H27NO2. The van der Waals surface area contributed by atoms with Gasteiger partial charge in [0.25, 0.3) is 0 Å². The maximum Gasteiger partial charge on any atom is 0.119 e. The molecule has 1 saturated carbocycles. The lowest BCUT2D eigenvalue weighted by Crippen LogP contribution is -2.55. The van der Waals surface area contributed by atoms with Crippen molar-refractivity contribution < 1.29 is 9.84 Å². The number of hydrogen-bond acceptors (Lipinski definition) is 3. The van der Waals surface area contributed by atoms with Crippen molar-refractivity contribution in [3.8, 4) is 5.75 Å². The average molecular weight is 277 g/mol. The molecule has 3 heteroatoms. The molecule has 2 rings (SSSR count). The molecular weight excluding hydrogens is 250 g/mol. The SMILES string of the molecule is CCCNC(CO)(COc1ccc(CC)cc1)C1CC1. The number of aliphatic hydroxyl groups is 1. The molecule has 0 radical (unpaired) electrons. The third-order valence-electron chi connectivity index (χ3n) is 4.20. The fourth-order valence-corrected chi connectivity index (χ4v) is 2.59. The highest BCUT2D eigenvalue weighted by atomic mass is 16.5. The predicted molar refractivity (Wildman–Crippen MR) is 82.1 cm³/mol. The summed E-state index contributed by atoms with van der Waals surface area (Å²) in [5.41, 5.74) is 1.05. The van der Waals surface area contributed by atoms with Crippen LogP contribution in [0, 0.1) is 5.92 Å². The van der Waals surface area contributed by atoms with Gasteiger partial charge in [0.2, 0.25) is 0 Å². The van der Waals surface area contributed by atoms with Gasteiger partial charge in [-0.3, -0.25) is 0 Å². The van der Waals surface area contributed by atoms with Crippen LogP contribution in [0.4, 0.5) is 0 Å². The molecule has 0 aromatic heterocycles. The van der Waals surface area contributed by atoms with E-state index < -0.39 is 0 Å². The highest BCUT2D eigenvalue weighted by Crippen LogP contribution is 2.40. The number of nitrogens with one attached hydrogen (secondary N) is 1. The maximum atomic E-state index is 9.83. The van der Waals surface area contributed by atoms with Crippen molar-refractivity contribution in [2.24, 2.45) is 5.92 Å². The lowest BCUT2D eigenvalue weighted by Gasteiger charge is -2.33. The van der Waals surface area contributed by atoms with Gasteiger partial charge < -0.3 is 15.2 Å². The maximum absolute atomic E-state index is 9.83. The minimum absolute atomic E-state index is 0.144. The normalized spacial score (nSPS) is 17.8. The highest BCUT2D eigenvalue weighted by molar-refractivity contribution is 5.27. The first-order valence-electron chi connectivity index (χ1n) is 7.81. The quantitative estimate of drug-likeness (QED) is 0.729. The van der Waals surface area contributed by atoms with Crippen LogP contribution in [0.3, 0.4) is 0 Å². The lowest BCUT2D eigenvalue weighted by molar-refractivity contribution is 0.0851. The van der Waals surface area contributed by atoms with E-state index in [2.05, 4.69) is 31.3 Å². The monoisotopic (exact) mass is 277 g/mol. The zero-order chi connectivity index (χ0) is 14.4. The summed E-state index contributed by atoms with van der Waals surface area (Å²) in [4.78, 5) is 0. The molecule has 0 amide bonds. The second-order valence-corrected chi connectivity index (χ2v) is 5.80. The Morgan fingerprint density at radius 2 is 1.95 bits per heavy atom. The zero-order valence-corrected chi connectivity index (χ0v) is 12.7. The number of aliphatic hydroxyl groups excluding tert-OH is 1. The van der Waals surface area contributed by atoms with E-state index in [4.69, 9.17) is 4.74 Å². The predicted octanol–water partition coefficient (Wildman–Crippen LogP) is 2.77. The van der Waals surface area contributed by atoms with Gasteiger partial charge in [0.15, 0.2) is 0 Å². The fourth-order valence-electron chi connectivity index (χ4n) is 2.59. The van der Waals surface area contributed by atoms with Gasteiger partial charge in [-0.15, -0.1) is 0 Å². The summed E-state index contributed by atoms with van der Waals surface area (Å²) < 4.78 is 5.94. The van der Waals surface area contributed by atoms with Crippen LogP contribution in [-0.4, -0.2) is 30.4 Å². The lowest BCUT2D eigenvalue weighted by atomic mass is 9.95. The van der Waals surface area contributed by atoms with Crippen LogP contribution in [0.5, 0.6) is 5.75 Å². The Morgan fingerprint density at radius 3 is 2.45 bits per heavy atom. The number of aryl methyl sites for hydroxylation is 1. The molecule has 20 heavy (non-hydrogen) atoms. The van der Waals surface area contributed by atoms with Gasteiger partial charge >= 0.3 is 0 Å². The largest absolute Gasteiger partial charge is 0.492 e. The van der Waals surface area contributed by atoms with Crippen LogP contribution in [-0.2, 0) is 6.42 Å². The Balaban J connectivity index is 1.96. The van der Waals surface area contributed by atoms with Crippen molar-refractivity contribution in [3.05, 3.63) is 29.8 Å². The van der Waals surface area contributed by atoms with Crippen molar-refractivity contribution in [2.45, 2.75) is 45.1 Å². The molecule has 1 unspecified atom stereocenters. The van der Waals surface area contributed by atoms with Gasteiger partial charge in [-0.1, -0.05) is 26.0 Å². The molecule has 0 aliphatic heterocycles. The Labute approximate surface area is 122 Å². The zero-order valence-electron chi connectivity index (χ0n) is 12.7. The van der Waals surface area contributed by atoms with E-state index in [1.807, 2.05) is 12.1 Å². The molecule has 3 nitrogen and oxygen atoms in total. The van der Waals surface area contributed by atoms with Gasteiger partial charge in [-0.2, -0.15) is 0 Å². The number of rotatable bonds is 9. The number of ether oxygens (including phenoxy) is 1. The van der Waals surface area contributed by atoms with Crippen LogP contribution in [0.2, 0.25) is 0 Å². The molecule has 112 valence electrons. The van der Waals surface area contributed by atoms with Crippen molar-refractivity contribution >= 4 is 0 Å². The summed E-state index contributed by atoms with van der Waals surface area (Å²) in [6, 6.07) is 8.25. The minimum atomic E-state index is -0.264. The van der Waals surface area contributed by atoms with Gasteiger partial charge in [0, 0.05) is 0 Å². The Morgan fingerprint density at radius 1 is 1.25 bits per heavy atom. The van der Waals surface area contributed by atoms with Crippen LogP contribution >= 0.6 is 0 Å². The highest BCUT2D eigenvalue weighted by Gasteiger charge is 2.45. The van der Waals surface area contributed by atoms with Crippen LogP contribution < -0.4 is 10.1 Å². The summed E-state index contributed by atoms with van der Waals surface area (Å²) in [6.45, 7) is 5.90. The van der Waals surface area contributed by atoms with E-state index in [0.29, 0.717) is 12.5 Å². The second-order valence-electron chi connectivity index (χ2n) is 5.80. The second kappa shape index (κ2) is 7.09. The molecule has 1 fully saturated rings. The summed E-state index contributed by atoms with van der Waals surface area (Å²) in [5.74, 6) is 1.44. The third kappa shape index (κ3) is 3.74. The topological polar surface area (TPSA) is 41.5 Å². The molecule has 1 aromatic carbocycles. The summed E-state index contributed by atoms with van der Waals surface area (Å²) in [5, 5.41) is 13.3. The van der Waals surface area contributed by atoms with E-state index in [1.54, 1.807) is 0 Å². The van der Waals surface area contributed by atoms with E-state index in [9.17, 15) is 5.11 Å². The molecule has 1 aliphatic rings. The van der Waals surface area contributed by atoms with Crippen LogP contribution in [0.1, 0.15) is 38.7 Å². The van der Waals surface area contributed by atoms with E-state index in [-0.39, 0.29) is 12.1 Å². The van der Waals surface area contributed by atoms with Crippen molar-refractivity contribution in [1.29, 1.82) is 0 Å². The first kappa shape index (κ1) is 15.3. The molecule has 0 heterocycles. The first-order chi connectivity index (χ1) is 9.74. The van der Waals surface area contributed by atoms with Gasteiger partial charge in [0.1, 0.15) is 12.4 Å². The number of benzene rings is 1. The summed E-state index contributed by atoms with van der Waals surface area (Å²) >= 11 is 0. The standard InChI is InChI=1S/C17H27NO2/c1-3-11-18-17(12-19,15-7-8-15)13-20-16-9-5-14(4-2)6-10-16/h5-6,9-10,15,18-19H,3-4,7-8,11-13H2,1-2H3. The molecule has 0 saturated heterocycles. The Hall–Kier alpha value is -1.06.